The van der Waals surface area contributed by atoms with Crippen molar-refractivity contribution in [2.75, 3.05) is 18.8 Å². The fourth-order valence-corrected chi connectivity index (χ4v) is 2.34. The van der Waals surface area contributed by atoms with Gasteiger partial charge in [-0.25, -0.2) is 0 Å². The molecule has 3 N–H and O–H groups in total. The Bertz CT molecular complexity index is 546. The summed E-state index contributed by atoms with van der Waals surface area (Å²) in [5.41, 5.74) is 5.53. The van der Waals surface area contributed by atoms with Crippen molar-refractivity contribution < 1.29 is 14.8 Å². The minimum absolute atomic E-state index is 0.00327. The number of carbonyl (C=O) groups is 1. The van der Waals surface area contributed by atoms with Crippen molar-refractivity contribution in [3.8, 4) is 0 Å². The van der Waals surface area contributed by atoms with Gasteiger partial charge in [-0.05, 0) is 24.5 Å². The van der Waals surface area contributed by atoms with Gasteiger partial charge in [0.25, 0.3) is 11.6 Å². The van der Waals surface area contributed by atoms with E-state index >= 15 is 0 Å². The number of nitro benzene ring substituents is 1. The molecule has 1 aromatic rings. The summed E-state index contributed by atoms with van der Waals surface area (Å²) in [5, 5.41) is 20.5. The third-order valence-electron chi connectivity index (χ3n) is 3.62. The summed E-state index contributed by atoms with van der Waals surface area (Å²) in [7, 11) is 0. The minimum Gasteiger partial charge on any atom is -0.393 e. The maximum atomic E-state index is 12.3. The second-order valence-corrected chi connectivity index (χ2v) is 5.12. The number of hydrogen-bond acceptors (Lipinski definition) is 5. The Labute approximate surface area is 116 Å². The van der Waals surface area contributed by atoms with E-state index in [9.17, 15) is 20.0 Å². The first kappa shape index (κ1) is 14.3. The Morgan fingerprint density at radius 2 is 2.25 bits per heavy atom. The average Bonchev–Trinajstić information content (AvgIpc) is 2.41. The summed E-state index contributed by atoms with van der Waals surface area (Å²) in [6.07, 6.45) is 0.115. The highest BCUT2D eigenvalue weighted by Crippen LogP contribution is 2.24. The lowest BCUT2D eigenvalue weighted by Crippen LogP contribution is -2.44. The summed E-state index contributed by atoms with van der Waals surface area (Å²) in [5.74, 6) is -0.275. The summed E-state index contributed by atoms with van der Waals surface area (Å²) in [6, 6.07) is 4.06. The Morgan fingerprint density at radius 3 is 2.85 bits per heavy atom. The number of nitrogens with two attached hydrogens (primary N) is 1. The fraction of sp³-hybridized carbons (Fsp3) is 0.462. The molecule has 2 rings (SSSR count). The number of amides is 1. The highest BCUT2D eigenvalue weighted by atomic mass is 16.6. The van der Waals surface area contributed by atoms with Gasteiger partial charge in [-0.2, -0.15) is 0 Å². The van der Waals surface area contributed by atoms with Crippen LogP contribution in [0.2, 0.25) is 0 Å². The van der Waals surface area contributed by atoms with Crippen LogP contribution >= 0.6 is 0 Å². The lowest BCUT2D eigenvalue weighted by molar-refractivity contribution is -0.383. The normalized spacial score (nSPS) is 22.6. The number of likely N-dealkylation sites (tertiary alicyclic amines) is 1. The van der Waals surface area contributed by atoms with Crippen LogP contribution in [0, 0.1) is 16.0 Å². The zero-order valence-corrected chi connectivity index (χ0v) is 11.2. The average molecular weight is 279 g/mol. The summed E-state index contributed by atoms with van der Waals surface area (Å²) >= 11 is 0. The monoisotopic (exact) mass is 279 g/mol. The van der Waals surface area contributed by atoms with E-state index in [1.165, 1.54) is 18.2 Å². The molecule has 1 heterocycles. The largest absolute Gasteiger partial charge is 0.393 e. The number of carbonyl (C=O) groups excluding carboxylic acids is 1. The number of anilines is 1. The lowest BCUT2D eigenvalue weighted by Gasteiger charge is -2.34. The van der Waals surface area contributed by atoms with Crippen LogP contribution in [-0.4, -0.2) is 40.0 Å². The van der Waals surface area contributed by atoms with Crippen molar-refractivity contribution in [3.05, 3.63) is 33.9 Å². The van der Waals surface area contributed by atoms with Crippen LogP contribution in [-0.2, 0) is 0 Å². The number of nitrogens with zero attached hydrogens (tertiary/aromatic N) is 2. The minimum atomic E-state index is -0.602. The van der Waals surface area contributed by atoms with Crippen LogP contribution in [0.15, 0.2) is 18.2 Å². The van der Waals surface area contributed by atoms with Gasteiger partial charge in [0.2, 0.25) is 0 Å². The number of nitrogen functional groups attached to an aromatic ring is 1. The number of aliphatic hydroxyl groups excluding tert-OH is 1. The first-order chi connectivity index (χ1) is 9.40. The SMILES string of the molecule is CC1CN(C(=O)c2ccc(N)c([N+](=O)[O-])c2)CCC1O. The second-order valence-electron chi connectivity index (χ2n) is 5.12. The molecular weight excluding hydrogens is 262 g/mol. The molecule has 108 valence electrons. The predicted molar refractivity (Wildman–Crippen MR) is 73.2 cm³/mol. The van der Waals surface area contributed by atoms with Gasteiger partial charge < -0.3 is 15.7 Å². The van der Waals surface area contributed by atoms with E-state index in [2.05, 4.69) is 0 Å². The molecule has 7 heteroatoms. The Morgan fingerprint density at radius 1 is 1.55 bits per heavy atom. The molecule has 1 aromatic carbocycles. The van der Waals surface area contributed by atoms with E-state index in [1.54, 1.807) is 4.90 Å². The van der Waals surface area contributed by atoms with Crippen molar-refractivity contribution in [2.24, 2.45) is 5.92 Å². The first-order valence-electron chi connectivity index (χ1n) is 6.41. The molecule has 2 unspecified atom stereocenters. The van der Waals surface area contributed by atoms with Crippen LogP contribution in [0.1, 0.15) is 23.7 Å². The van der Waals surface area contributed by atoms with Gasteiger partial charge in [0.05, 0.1) is 11.0 Å². The molecule has 1 aliphatic rings. The van der Waals surface area contributed by atoms with Gasteiger partial charge in [0.1, 0.15) is 5.69 Å². The summed E-state index contributed by atoms with van der Waals surface area (Å²) in [6.45, 7) is 2.76. The van der Waals surface area contributed by atoms with Gasteiger partial charge in [0, 0.05) is 24.7 Å². The molecule has 0 aromatic heterocycles. The Kier molecular flexibility index (Phi) is 3.89. The molecule has 0 spiro atoms. The smallest absolute Gasteiger partial charge is 0.292 e. The highest BCUT2D eigenvalue weighted by Gasteiger charge is 2.28. The van der Waals surface area contributed by atoms with E-state index in [0.717, 1.165) is 0 Å². The maximum Gasteiger partial charge on any atom is 0.292 e. The van der Waals surface area contributed by atoms with Crippen molar-refractivity contribution in [1.82, 2.24) is 4.90 Å². The topological polar surface area (TPSA) is 110 Å². The summed E-state index contributed by atoms with van der Waals surface area (Å²) in [4.78, 5) is 24.2. The van der Waals surface area contributed by atoms with Gasteiger partial charge in [-0.1, -0.05) is 6.92 Å². The van der Waals surface area contributed by atoms with Gasteiger partial charge in [-0.15, -0.1) is 0 Å². The van der Waals surface area contributed by atoms with Crippen molar-refractivity contribution >= 4 is 17.3 Å². The Hall–Kier alpha value is -2.15. The number of nitro groups is 1. The maximum absolute atomic E-state index is 12.3. The fourth-order valence-electron chi connectivity index (χ4n) is 2.34. The van der Waals surface area contributed by atoms with Gasteiger partial charge in [0.15, 0.2) is 0 Å². The van der Waals surface area contributed by atoms with E-state index in [0.29, 0.717) is 19.5 Å². The standard InChI is InChI=1S/C13H17N3O4/c1-8-7-15(5-4-12(8)17)13(18)9-2-3-10(14)11(6-9)16(19)20/h2-3,6,8,12,17H,4-5,7,14H2,1H3. The van der Waals surface area contributed by atoms with E-state index in [1.807, 2.05) is 6.92 Å². The number of aliphatic hydroxyl groups is 1. The third-order valence-corrected chi connectivity index (χ3v) is 3.62. The molecule has 7 nitrogen and oxygen atoms in total. The van der Waals surface area contributed by atoms with Crippen LogP contribution in [0.4, 0.5) is 11.4 Å². The van der Waals surface area contributed by atoms with Crippen LogP contribution in [0.25, 0.3) is 0 Å². The van der Waals surface area contributed by atoms with Crippen LogP contribution in [0.3, 0.4) is 0 Å². The van der Waals surface area contributed by atoms with Crippen LogP contribution < -0.4 is 5.73 Å². The zero-order chi connectivity index (χ0) is 14.9. The quantitative estimate of drug-likeness (QED) is 0.477. The van der Waals surface area contributed by atoms with Crippen molar-refractivity contribution in [2.45, 2.75) is 19.4 Å². The number of rotatable bonds is 2. The second kappa shape index (κ2) is 5.46. The molecule has 0 radical (unpaired) electrons. The molecular formula is C13H17N3O4. The molecule has 20 heavy (non-hydrogen) atoms. The Balaban J connectivity index is 2.21. The van der Waals surface area contributed by atoms with Gasteiger partial charge in [-0.3, -0.25) is 14.9 Å². The number of hydrogen-bond donors (Lipinski definition) is 2. The van der Waals surface area contributed by atoms with E-state index in [-0.39, 0.29) is 28.8 Å². The molecule has 1 fully saturated rings. The van der Waals surface area contributed by atoms with E-state index in [4.69, 9.17) is 5.73 Å². The lowest BCUT2D eigenvalue weighted by atomic mass is 9.96. The van der Waals surface area contributed by atoms with Crippen molar-refractivity contribution in [3.63, 3.8) is 0 Å². The third kappa shape index (κ3) is 2.72. The molecule has 0 saturated carbocycles. The number of benzene rings is 1. The molecule has 2 atom stereocenters. The van der Waals surface area contributed by atoms with Gasteiger partial charge >= 0.3 is 0 Å². The van der Waals surface area contributed by atoms with Crippen molar-refractivity contribution in [1.29, 1.82) is 0 Å². The van der Waals surface area contributed by atoms with Crippen LogP contribution in [0.5, 0.6) is 0 Å². The molecule has 0 aliphatic carbocycles. The summed E-state index contributed by atoms with van der Waals surface area (Å²) < 4.78 is 0. The zero-order valence-electron chi connectivity index (χ0n) is 11.2. The predicted octanol–water partition coefficient (Wildman–Crippen LogP) is 1.02. The molecule has 1 saturated heterocycles. The molecule has 1 aliphatic heterocycles. The molecule has 0 bridgehead atoms. The first-order valence-corrected chi connectivity index (χ1v) is 6.41. The molecule has 1 amide bonds. The highest BCUT2D eigenvalue weighted by molar-refractivity contribution is 5.95. The number of piperidine rings is 1. The van der Waals surface area contributed by atoms with E-state index < -0.39 is 11.0 Å².